The van der Waals surface area contributed by atoms with Gasteiger partial charge in [-0.2, -0.15) is 0 Å². The smallest absolute Gasteiger partial charge is 0.364 e. The number of carboxylic acids is 1. The summed E-state index contributed by atoms with van der Waals surface area (Å²) in [7, 11) is 0. The number of carboxylic acid groups (broad SMARTS) is 1. The topological polar surface area (TPSA) is 785 Å². The van der Waals surface area contributed by atoms with Crippen LogP contribution in [-0.2, 0) is 94.8 Å². The highest BCUT2D eigenvalue weighted by molar-refractivity contribution is 5.76. The largest absolute Gasteiger partial charge is 0.477 e. The molecular formula is C68H117NO48. The molecule has 0 aromatic carbocycles. The molecule has 30 N–H and O–H groups in total. The first-order valence-corrected chi connectivity index (χ1v) is 38.5. The van der Waals surface area contributed by atoms with E-state index < -0.39 is 390 Å². The van der Waals surface area contributed by atoms with Gasteiger partial charge in [0.05, 0.1) is 109 Å². The van der Waals surface area contributed by atoms with Gasteiger partial charge in [0.25, 0.3) is 5.79 Å². The number of ether oxygens (including phenoxy) is 19. The third-order valence-electron chi connectivity index (χ3n) is 23.7. The normalized spacial score (nSPS) is 52.1. The molecule has 10 saturated heterocycles. The average molecular weight is 1720 g/mol. The van der Waals surface area contributed by atoms with Crippen LogP contribution in [0.4, 0.5) is 0 Å². The van der Waals surface area contributed by atoms with Gasteiger partial charge in [-0.3, -0.25) is 0 Å². The molecular weight excluding hydrogens is 1600 g/mol. The molecule has 0 saturated carbocycles. The van der Waals surface area contributed by atoms with Gasteiger partial charge >= 0.3 is 5.97 Å². The Kier molecular flexibility index (Phi) is 34.2. The van der Waals surface area contributed by atoms with Gasteiger partial charge in [0.2, 0.25) is 0 Å². The number of carbonyl (C=O) groups is 1. The van der Waals surface area contributed by atoms with Gasteiger partial charge in [0.15, 0.2) is 50.3 Å². The first kappa shape index (κ1) is 96.8. The van der Waals surface area contributed by atoms with Crippen LogP contribution in [0.1, 0.15) is 41.0 Å². The molecule has 49 heteroatoms. The number of hydrogen-bond acceptors (Lipinski definition) is 48. The molecule has 0 aromatic heterocycles. The molecule has 0 amide bonds. The van der Waals surface area contributed by atoms with Gasteiger partial charge in [-0.1, -0.05) is 27.7 Å². The van der Waals surface area contributed by atoms with Crippen molar-refractivity contribution in [2.75, 3.05) is 66.1 Å². The fourth-order valence-electron chi connectivity index (χ4n) is 15.9. The maximum Gasteiger partial charge on any atom is 0.364 e. The Labute approximate surface area is 666 Å². The second-order valence-electron chi connectivity index (χ2n) is 31.4. The zero-order valence-corrected chi connectivity index (χ0v) is 63.9. The van der Waals surface area contributed by atoms with Crippen LogP contribution in [0, 0.1) is 23.7 Å². The second-order valence-corrected chi connectivity index (χ2v) is 31.4. The van der Waals surface area contributed by atoms with Crippen LogP contribution in [0.5, 0.6) is 0 Å². The molecule has 0 spiro atoms. The number of nitrogens with two attached hydrogens (primary N) is 1. The van der Waals surface area contributed by atoms with Crippen LogP contribution in [0.15, 0.2) is 0 Å². The van der Waals surface area contributed by atoms with Crippen LogP contribution >= 0.6 is 0 Å². The average Bonchev–Trinajstić information content (AvgIpc) is 0.770. The summed E-state index contributed by atoms with van der Waals surface area (Å²) in [4.78, 5) is 12.8. The van der Waals surface area contributed by atoms with Gasteiger partial charge < -0.3 is 239 Å². The Balaban J connectivity index is 0.898. The minimum absolute atomic E-state index is 0.554. The van der Waals surface area contributed by atoms with Crippen LogP contribution < -0.4 is 5.73 Å². The van der Waals surface area contributed by atoms with Gasteiger partial charge in [-0.25, -0.2) is 4.79 Å². The maximum atomic E-state index is 12.8. The summed E-state index contributed by atoms with van der Waals surface area (Å²) in [5.74, 6) is -9.45. The Hall–Kier alpha value is -2.41. The molecule has 10 fully saturated rings. The Morgan fingerprint density at radius 1 is 0.350 bits per heavy atom. The first-order chi connectivity index (χ1) is 55.3. The van der Waals surface area contributed by atoms with Crippen LogP contribution in [0.2, 0.25) is 0 Å². The zero-order valence-electron chi connectivity index (χ0n) is 63.9. The molecule has 682 valence electrons. The number of aliphatic hydroxyl groups is 27. The zero-order chi connectivity index (χ0) is 86.2. The van der Waals surface area contributed by atoms with Crippen molar-refractivity contribution in [3.63, 3.8) is 0 Å². The van der Waals surface area contributed by atoms with E-state index in [1.54, 1.807) is 13.8 Å². The van der Waals surface area contributed by atoms with Gasteiger partial charge in [0.1, 0.15) is 189 Å². The monoisotopic (exact) mass is 1720 g/mol. The second kappa shape index (κ2) is 41.4. The van der Waals surface area contributed by atoms with E-state index in [4.69, 9.17) is 95.7 Å². The van der Waals surface area contributed by atoms with E-state index in [0.717, 1.165) is 0 Å². The predicted octanol–water partition coefficient (Wildman–Crippen LogP) is -17.5. The van der Waals surface area contributed by atoms with E-state index in [0.29, 0.717) is 0 Å². The van der Waals surface area contributed by atoms with Gasteiger partial charge in [0, 0.05) is 30.1 Å². The summed E-state index contributed by atoms with van der Waals surface area (Å²) >= 11 is 0. The quantitative estimate of drug-likeness (QED) is 0.0306. The molecule has 19 unspecified atom stereocenters. The highest BCUT2D eigenvalue weighted by Gasteiger charge is 2.62. The summed E-state index contributed by atoms with van der Waals surface area (Å²) in [6.45, 7) is -2.69. The van der Waals surface area contributed by atoms with Crippen molar-refractivity contribution in [3.8, 4) is 0 Å². The van der Waals surface area contributed by atoms with Gasteiger partial charge in [-0.15, -0.1) is 0 Å². The van der Waals surface area contributed by atoms with Crippen molar-refractivity contribution >= 4 is 5.97 Å². The SMILES string of the molecule is CC1C(O)[C@H](O[C@@H]2OC(CO)[C@H](O)C(O)[C@@H]2O)[C@H](CO)O[C@H]1OC1[C@@H](OCC2O[C@@H](O[C@@H]3C(CO)O[C@@H](O[C@@H]4C(CO)O[C@@H](C)[C@@H](C)C4O)[C@@H](C)C3O)[C@H](O)C(O[C@H]3O[C@H](CO)[C@@H](O)C(O)C3O[C@@H]3OC(CO)[C@@H](O[C@@H]4OC(CO[C@]5(C(=O)O)C[C@@H](O)[C@@H](N)C([C@H](O)[C@H](O)CO)O5)[C@H](O)C(O)[C@@H]4O)[C@H](O)C3C)[C@@H]2O)OC(CO)[C@@H](O)[C@@H]1O. The maximum absolute atomic E-state index is 12.8. The summed E-state index contributed by atoms with van der Waals surface area (Å²) in [6, 6.07) is -1.57. The molecule has 10 aliphatic rings. The van der Waals surface area contributed by atoms with Gasteiger partial charge in [-0.05, 0) is 6.92 Å². The molecule has 0 radical (unpaired) electrons. The minimum atomic E-state index is -2.95. The molecule has 10 rings (SSSR count). The van der Waals surface area contributed by atoms with Crippen LogP contribution in [0.25, 0.3) is 0 Å². The third kappa shape index (κ3) is 20.2. The highest BCUT2D eigenvalue weighted by atomic mass is 16.8. The van der Waals surface area contributed by atoms with Crippen molar-refractivity contribution < 1.29 is 238 Å². The molecule has 10 heterocycles. The Morgan fingerprint density at radius 3 is 1.09 bits per heavy atom. The molecule has 0 aromatic rings. The summed E-state index contributed by atoms with van der Waals surface area (Å²) in [5, 5.41) is 309. The van der Waals surface area contributed by atoms with E-state index >= 15 is 0 Å². The van der Waals surface area contributed by atoms with Crippen LogP contribution in [-0.4, -0.2) is 503 Å². The van der Waals surface area contributed by atoms with Crippen LogP contribution in [0.3, 0.4) is 0 Å². The van der Waals surface area contributed by atoms with Crippen molar-refractivity contribution in [1.29, 1.82) is 0 Å². The van der Waals surface area contributed by atoms with Crippen molar-refractivity contribution in [2.45, 2.75) is 329 Å². The molecule has 0 bridgehead atoms. The number of aliphatic hydroxyl groups excluding tert-OH is 27. The lowest BCUT2D eigenvalue weighted by molar-refractivity contribution is -0.402. The molecule has 117 heavy (non-hydrogen) atoms. The van der Waals surface area contributed by atoms with E-state index in [1.165, 1.54) is 20.8 Å². The molecule has 10 aliphatic heterocycles. The lowest BCUT2D eigenvalue weighted by Crippen LogP contribution is -2.68. The molecule has 0 aliphatic carbocycles. The number of hydrogen-bond donors (Lipinski definition) is 29. The lowest BCUT2D eigenvalue weighted by atomic mass is 9.88. The summed E-state index contributed by atoms with van der Waals surface area (Å²) < 4.78 is 114. The number of aliphatic carboxylic acids is 1. The fraction of sp³-hybridized carbons (Fsp3) is 0.985. The summed E-state index contributed by atoms with van der Waals surface area (Å²) in [6.07, 6.45) is -85.7. The van der Waals surface area contributed by atoms with E-state index in [2.05, 4.69) is 0 Å². The first-order valence-electron chi connectivity index (χ1n) is 38.5. The van der Waals surface area contributed by atoms with Crippen molar-refractivity contribution in [3.05, 3.63) is 0 Å². The molecule has 51 atom stereocenters. The van der Waals surface area contributed by atoms with E-state index in [9.17, 15) is 148 Å². The summed E-state index contributed by atoms with van der Waals surface area (Å²) in [5.41, 5.74) is 5.96. The minimum Gasteiger partial charge on any atom is -0.477 e. The standard InChI is InChI=1S/C68H117NO48/c1-17-21(5)101-27(11-74)51(34(17)80)110-59-18(2)35(81)54(30(14-77)105-59)113-64-50(96)56(43(89)31(108-64)15-99-65-57(46(92)40(86)25(9-72)103-65)115-60-19(3)36(82)52(28(12-75)106-60)111-62-48(94)44(90)39(85)24(8-71)102-62)114-66-58(47(93)41(87)26(10-73)104-66)116-61-20(4)37(83)53(29(13-76)107-61)112-63-49(95)45(91)42(88)32(109-63)16-100-68(67(97)98)6-22(78)33(69)55(117-68)38(84)23(79)7-70/h17-66,70-96H,6-16,69H2,1-5H3,(H,97,98)/t17-,18+,19?,20?,21+,22-,23-,24?,25?,26-,27?,28+,29?,30?,31?,32?,33-,34?,35?,36?,37-,38-,39+,40-,41-,42+,43-,44?,45?,46+,47?,48+,49+,50-,51-,52-,53-,54-,55?,56?,57?,58?,59+,60+,61+,62+,63+,64+,65+,66-,68-/m1/s1. The van der Waals surface area contributed by atoms with E-state index in [-0.39, 0.29) is 0 Å². The fourth-order valence-corrected chi connectivity index (χ4v) is 15.9. The number of rotatable bonds is 31. The van der Waals surface area contributed by atoms with E-state index in [1.807, 2.05) is 0 Å². The third-order valence-corrected chi connectivity index (χ3v) is 23.7. The Bertz CT molecular complexity index is 3020. The predicted molar refractivity (Wildman–Crippen MR) is 365 cm³/mol. The highest BCUT2D eigenvalue weighted by Crippen LogP contribution is 2.43. The molecule has 49 nitrogen and oxygen atoms in total. The lowest BCUT2D eigenvalue weighted by Gasteiger charge is -2.51. The van der Waals surface area contributed by atoms with Crippen molar-refractivity contribution in [2.24, 2.45) is 29.4 Å². The Morgan fingerprint density at radius 2 is 0.675 bits per heavy atom. The van der Waals surface area contributed by atoms with Crippen molar-refractivity contribution in [1.82, 2.24) is 0 Å².